The number of aliphatic hydroxyl groups excluding tert-OH is 3. The highest BCUT2D eigenvalue weighted by molar-refractivity contribution is 7.51. The van der Waals surface area contributed by atoms with Crippen LogP contribution in [0.1, 0.15) is 6.42 Å². The van der Waals surface area contributed by atoms with Gasteiger partial charge in [0.1, 0.15) is 29.8 Å². The van der Waals surface area contributed by atoms with E-state index in [1.807, 2.05) is 0 Å². The Balaban J connectivity index is 2.09. The summed E-state index contributed by atoms with van der Waals surface area (Å²) in [5, 5.41) is 44.6. The molecule has 0 bridgehead atoms. The zero-order valence-corrected chi connectivity index (χ0v) is 15.7. The average molecular weight is 422 g/mol. The lowest BCUT2D eigenvalue weighted by atomic mass is 9.97. The van der Waals surface area contributed by atoms with Crippen molar-refractivity contribution in [2.45, 2.75) is 37.1 Å². The molecule has 8 N–H and O–H groups in total. The number of nitrogens with one attached hydrogen (secondary N) is 2. The number of phenols is 1. The van der Waals surface area contributed by atoms with Crippen LogP contribution in [0.3, 0.4) is 0 Å². The fraction of sp³-hybridized carbons (Fsp3) is 0.533. The number of rotatable bonds is 6. The van der Waals surface area contributed by atoms with Gasteiger partial charge >= 0.3 is 13.6 Å². The van der Waals surface area contributed by atoms with Crippen LogP contribution in [0.15, 0.2) is 18.2 Å². The molecule has 12 nitrogen and oxygen atoms in total. The van der Waals surface area contributed by atoms with E-state index in [-0.39, 0.29) is 23.6 Å². The minimum atomic E-state index is -4.36. The van der Waals surface area contributed by atoms with Gasteiger partial charge in [-0.05, 0) is 18.6 Å². The van der Waals surface area contributed by atoms with Crippen molar-refractivity contribution in [3.8, 4) is 11.5 Å². The molecule has 0 unspecified atom stereocenters. The van der Waals surface area contributed by atoms with Crippen molar-refractivity contribution < 1.29 is 49.0 Å². The molecule has 0 aliphatic carbocycles. The first-order valence-electron chi connectivity index (χ1n) is 8.24. The highest BCUT2D eigenvalue weighted by Crippen LogP contribution is 2.37. The number of phenolic OH excluding ortho intramolecular Hbond substituents is 1. The Morgan fingerprint density at radius 2 is 1.89 bits per heavy atom. The highest BCUT2D eigenvalue weighted by Gasteiger charge is 2.45. The Bertz CT molecular complexity index is 742. The van der Waals surface area contributed by atoms with Crippen LogP contribution in [0.2, 0.25) is 0 Å². The number of benzene rings is 1. The molecule has 0 saturated carbocycles. The maximum atomic E-state index is 11.3. The van der Waals surface area contributed by atoms with E-state index in [4.69, 9.17) is 19.3 Å². The van der Waals surface area contributed by atoms with Crippen molar-refractivity contribution in [2.75, 3.05) is 18.5 Å². The molecular weight excluding hydrogens is 399 g/mol. The minimum absolute atomic E-state index is 0.0151. The number of ether oxygens (including phenoxy) is 2. The molecule has 0 aromatic heterocycles. The zero-order valence-electron chi connectivity index (χ0n) is 14.8. The third-order valence-corrected chi connectivity index (χ3v) is 4.91. The normalized spacial score (nSPS) is 27.9. The molecule has 1 aromatic rings. The fourth-order valence-electron chi connectivity index (χ4n) is 2.56. The quantitative estimate of drug-likeness (QED) is 0.206. The molecule has 158 valence electrons. The van der Waals surface area contributed by atoms with Gasteiger partial charge in [-0.25, -0.2) is 4.79 Å². The van der Waals surface area contributed by atoms with Crippen molar-refractivity contribution in [3.05, 3.63) is 18.2 Å². The monoisotopic (exact) mass is 422 g/mol. The lowest BCUT2D eigenvalue weighted by molar-refractivity contribution is -0.272. The highest BCUT2D eigenvalue weighted by atomic mass is 31.2. The second-order valence-electron chi connectivity index (χ2n) is 6.19. The van der Waals surface area contributed by atoms with Crippen molar-refractivity contribution in [1.29, 1.82) is 0 Å². The van der Waals surface area contributed by atoms with Gasteiger partial charge in [0, 0.05) is 13.1 Å². The number of carbonyl (C=O) groups excluding carboxylic acids is 1. The zero-order chi connectivity index (χ0) is 21.1. The van der Waals surface area contributed by atoms with Gasteiger partial charge in [0.05, 0.1) is 18.0 Å². The second kappa shape index (κ2) is 9.05. The molecule has 2 amide bonds. The molecule has 0 spiro atoms. The smallest absolute Gasteiger partial charge is 0.325 e. The van der Waals surface area contributed by atoms with Crippen LogP contribution in [-0.2, 0) is 9.30 Å². The van der Waals surface area contributed by atoms with Crippen molar-refractivity contribution in [1.82, 2.24) is 5.32 Å². The number of urea groups is 1. The Labute approximate surface area is 159 Å². The Hall–Kier alpha value is -1.92. The number of carbonyl (C=O) groups is 1. The lowest BCUT2D eigenvalue weighted by Crippen LogP contribution is -2.59. The minimum Gasteiger partial charge on any atom is -0.506 e. The molecule has 1 aliphatic rings. The molecule has 13 heteroatoms. The molecule has 1 saturated heterocycles. The van der Waals surface area contributed by atoms with E-state index in [9.17, 15) is 29.8 Å². The van der Waals surface area contributed by atoms with Gasteiger partial charge in [-0.2, -0.15) is 0 Å². The second-order valence-corrected chi connectivity index (χ2v) is 7.97. The van der Waals surface area contributed by atoms with E-state index in [1.54, 1.807) is 0 Å². The van der Waals surface area contributed by atoms with Crippen LogP contribution in [0.25, 0.3) is 0 Å². The van der Waals surface area contributed by atoms with E-state index in [0.717, 1.165) is 6.07 Å². The van der Waals surface area contributed by atoms with E-state index in [2.05, 4.69) is 10.6 Å². The first-order valence-corrected chi connectivity index (χ1v) is 10.0. The number of aromatic hydroxyl groups is 1. The summed E-state index contributed by atoms with van der Waals surface area (Å²) in [5.74, 6) is -0.327. The van der Waals surface area contributed by atoms with Gasteiger partial charge in [-0.1, -0.05) is 0 Å². The molecule has 1 aliphatic heterocycles. The Morgan fingerprint density at radius 1 is 1.21 bits per heavy atom. The molecule has 1 fully saturated rings. The topological polar surface area (TPSA) is 198 Å². The van der Waals surface area contributed by atoms with E-state index < -0.39 is 50.5 Å². The molecule has 28 heavy (non-hydrogen) atoms. The van der Waals surface area contributed by atoms with Gasteiger partial charge in [0.25, 0.3) is 0 Å². The molecule has 1 aromatic carbocycles. The van der Waals surface area contributed by atoms with E-state index >= 15 is 0 Å². The largest absolute Gasteiger partial charge is 0.506 e. The van der Waals surface area contributed by atoms with Gasteiger partial charge in [-0.3, -0.25) is 4.57 Å². The van der Waals surface area contributed by atoms with Crippen LogP contribution in [0, 0.1) is 0 Å². The Morgan fingerprint density at radius 3 is 2.46 bits per heavy atom. The molecule has 1 heterocycles. The van der Waals surface area contributed by atoms with Crippen LogP contribution < -0.4 is 15.4 Å². The Kier molecular flexibility index (Phi) is 7.23. The van der Waals surface area contributed by atoms with Crippen LogP contribution in [-0.4, -0.2) is 80.2 Å². The summed E-state index contributed by atoms with van der Waals surface area (Å²) >= 11 is 0. The number of anilines is 1. The van der Waals surface area contributed by atoms with E-state index in [0.29, 0.717) is 0 Å². The third kappa shape index (κ3) is 5.79. The van der Waals surface area contributed by atoms with Crippen LogP contribution in [0.5, 0.6) is 11.5 Å². The first-order chi connectivity index (χ1) is 13.0. The summed E-state index contributed by atoms with van der Waals surface area (Å²) in [4.78, 5) is 29.2. The average Bonchev–Trinajstić information content (AvgIpc) is 2.62. The van der Waals surface area contributed by atoms with Gasteiger partial charge in [-0.15, -0.1) is 0 Å². The molecular formula is C15H23N2O10P. The summed E-state index contributed by atoms with van der Waals surface area (Å²) in [6.45, 7) is 0. The summed E-state index contributed by atoms with van der Waals surface area (Å²) in [6.07, 6.45) is -8.46. The third-order valence-electron chi connectivity index (χ3n) is 4.07. The number of hydrogen-bond acceptors (Lipinski definition) is 8. The molecule has 5 atom stereocenters. The maximum absolute atomic E-state index is 11.3. The first kappa shape index (κ1) is 22.4. The SMILES string of the molecule is CNC(=O)Nc1ccc(O[C@H]2O[C@H](CCP(=O)(O)O)[C@@H](O)[C@H](O)[C@@H]2O)cc1O. The van der Waals surface area contributed by atoms with Crippen molar-refractivity contribution in [3.63, 3.8) is 0 Å². The molecule has 2 rings (SSSR count). The standard InChI is InChI=1S/C15H23N2O10P/c1-16-15(22)17-8-3-2-7(6-9(8)18)26-14-13(21)12(20)11(19)10(27-14)4-5-28(23,24)25/h2-3,6,10-14,18-21H,4-5H2,1H3,(H2,16,17,22)(H2,23,24,25)/t10-,11-,12+,13+,14+/m1/s1. The lowest BCUT2D eigenvalue weighted by Gasteiger charge is -2.40. The van der Waals surface area contributed by atoms with Gasteiger partial charge in [0.15, 0.2) is 0 Å². The summed E-state index contributed by atoms with van der Waals surface area (Å²) in [7, 11) is -2.96. The predicted molar refractivity (Wildman–Crippen MR) is 95.0 cm³/mol. The number of aliphatic hydroxyl groups is 3. The summed E-state index contributed by atoms with van der Waals surface area (Å²) < 4.78 is 21.8. The van der Waals surface area contributed by atoms with Gasteiger partial charge in [0.2, 0.25) is 6.29 Å². The van der Waals surface area contributed by atoms with Crippen molar-refractivity contribution in [2.24, 2.45) is 0 Å². The molecule has 0 radical (unpaired) electrons. The van der Waals surface area contributed by atoms with Crippen molar-refractivity contribution >= 4 is 19.3 Å². The predicted octanol–water partition coefficient (Wildman–Crippen LogP) is -1.10. The summed E-state index contributed by atoms with van der Waals surface area (Å²) in [5.41, 5.74) is 0.0896. The fourth-order valence-corrected chi connectivity index (χ4v) is 3.15. The number of hydrogen-bond donors (Lipinski definition) is 8. The van der Waals surface area contributed by atoms with E-state index in [1.165, 1.54) is 19.2 Å². The van der Waals surface area contributed by atoms with Crippen LogP contribution in [0.4, 0.5) is 10.5 Å². The number of amides is 2. The van der Waals surface area contributed by atoms with Crippen LogP contribution >= 0.6 is 7.60 Å². The van der Waals surface area contributed by atoms with Gasteiger partial charge < -0.3 is 50.3 Å². The summed E-state index contributed by atoms with van der Waals surface area (Å²) in [6, 6.07) is 3.25. The maximum Gasteiger partial charge on any atom is 0.325 e.